The largest absolute Gasteiger partial charge is 0.467 e. The van der Waals surface area contributed by atoms with Gasteiger partial charge in [0.15, 0.2) is 0 Å². The monoisotopic (exact) mass is 392 g/mol. The SMILES string of the molecule is Cc1cc(C(=O)NCc2cc(Br)cs2)c(C)n1Cc1ccco1. The number of carbonyl (C=O) groups excluding carboxylic acids is 1. The van der Waals surface area contributed by atoms with Gasteiger partial charge < -0.3 is 14.3 Å². The molecule has 0 bridgehead atoms. The topological polar surface area (TPSA) is 47.2 Å². The zero-order valence-electron chi connectivity index (χ0n) is 12.9. The molecule has 1 N–H and O–H groups in total. The van der Waals surface area contributed by atoms with Gasteiger partial charge in [0.05, 0.1) is 24.9 Å². The summed E-state index contributed by atoms with van der Waals surface area (Å²) >= 11 is 5.05. The first-order valence-electron chi connectivity index (χ1n) is 7.25. The highest BCUT2D eigenvalue weighted by atomic mass is 79.9. The molecular weight excluding hydrogens is 376 g/mol. The molecule has 3 aromatic rings. The number of nitrogens with one attached hydrogen (secondary N) is 1. The third-order valence-electron chi connectivity index (χ3n) is 3.76. The number of carbonyl (C=O) groups is 1. The Morgan fingerprint density at radius 3 is 2.87 bits per heavy atom. The van der Waals surface area contributed by atoms with Crippen molar-refractivity contribution in [3.05, 3.63) is 68.0 Å². The lowest BCUT2D eigenvalue weighted by Gasteiger charge is -2.08. The highest BCUT2D eigenvalue weighted by Gasteiger charge is 2.16. The van der Waals surface area contributed by atoms with Gasteiger partial charge in [0, 0.05) is 26.1 Å². The molecule has 120 valence electrons. The zero-order chi connectivity index (χ0) is 16.4. The minimum Gasteiger partial charge on any atom is -0.467 e. The molecule has 0 spiro atoms. The number of aryl methyl sites for hydroxylation is 1. The van der Waals surface area contributed by atoms with E-state index in [4.69, 9.17) is 4.42 Å². The molecule has 0 aliphatic rings. The number of hydrogen-bond acceptors (Lipinski definition) is 3. The van der Waals surface area contributed by atoms with Gasteiger partial charge in [-0.2, -0.15) is 0 Å². The smallest absolute Gasteiger partial charge is 0.253 e. The lowest BCUT2D eigenvalue weighted by atomic mass is 10.2. The van der Waals surface area contributed by atoms with E-state index in [1.807, 2.05) is 43.5 Å². The summed E-state index contributed by atoms with van der Waals surface area (Å²) in [7, 11) is 0. The number of thiophene rings is 1. The summed E-state index contributed by atoms with van der Waals surface area (Å²) in [5.41, 5.74) is 2.70. The van der Waals surface area contributed by atoms with Gasteiger partial charge in [-0.15, -0.1) is 11.3 Å². The van der Waals surface area contributed by atoms with Crippen molar-refractivity contribution >= 4 is 33.2 Å². The van der Waals surface area contributed by atoms with Gasteiger partial charge in [-0.05, 0) is 54.0 Å². The Hall–Kier alpha value is -1.79. The van der Waals surface area contributed by atoms with Crippen molar-refractivity contribution in [3.63, 3.8) is 0 Å². The van der Waals surface area contributed by atoms with Crippen LogP contribution in [0.2, 0.25) is 0 Å². The molecule has 0 radical (unpaired) electrons. The number of halogens is 1. The molecule has 3 rings (SSSR count). The molecule has 0 fully saturated rings. The molecule has 3 aromatic heterocycles. The second-order valence-electron chi connectivity index (χ2n) is 5.36. The number of hydrogen-bond donors (Lipinski definition) is 1. The molecule has 1 amide bonds. The third-order valence-corrected chi connectivity index (χ3v) is 5.45. The van der Waals surface area contributed by atoms with E-state index in [1.54, 1.807) is 17.6 Å². The molecule has 0 saturated carbocycles. The number of amides is 1. The lowest BCUT2D eigenvalue weighted by molar-refractivity contribution is 0.0950. The molecule has 23 heavy (non-hydrogen) atoms. The van der Waals surface area contributed by atoms with E-state index in [1.165, 1.54) is 0 Å². The van der Waals surface area contributed by atoms with Crippen LogP contribution in [0.5, 0.6) is 0 Å². The summed E-state index contributed by atoms with van der Waals surface area (Å²) in [6.45, 7) is 5.14. The second-order valence-corrected chi connectivity index (χ2v) is 7.28. The Morgan fingerprint density at radius 2 is 2.22 bits per heavy atom. The predicted octanol–water partition coefficient (Wildman–Crippen LogP) is 4.50. The van der Waals surface area contributed by atoms with Crippen LogP contribution in [-0.2, 0) is 13.1 Å². The van der Waals surface area contributed by atoms with E-state index in [0.29, 0.717) is 18.7 Å². The molecule has 6 heteroatoms. The maximum absolute atomic E-state index is 12.5. The van der Waals surface area contributed by atoms with E-state index < -0.39 is 0 Å². The normalized spacial score (nSPS) is 10.9. The first-order chi connectivity index (χ1) is 11.0. The van der Waals surface area contributed by atoms with Crippen molar-refractivity contribution < 1.29 is 9.21 Å². The highest BCUT2D eigenvalue weighted by Crippen LogP contribution is 2.20. The van der Waals surface area contributed by atoms with Crippen molar-refractivity contribution in [2.45, 2.75) is 26.9 Å². The third kappa shape index (κ3) is 3.59. The van der Waals surface area contributed by atoms with Gasteiger partial charge in [-0.1, -0.05) is 0 Å². The summed E-state index contributed by atoms with van der Waals surface area (Å²) in [6.07, 6.45) is 1.66. The van der Waals surface area contributed by atoms with Gasteiger partial charge in [-0.25, -0.2) is 0 Å². The molecule has 3 heterocycles. The van der Waals surface area contributed by atoms with Crippen LogP contribution in [-0.4, -0.2) is 10.5 Å². The summed E-state index contributed by atoms with van der Waals surface area (Å²) in [4.78, 5) is 13.6. The number of nitrogens with zero attached hydrogens (tertiary/aromatic N) is 1. The van der Waals surface area contributed by atoms with Crippen molar-refractivity contribution in [2.75, 3.05) is 0 Å². The van der Waals surface area contributed by atoms with Crippen LogP contribution in [0.15, 0.2) is 44.8 Å². The highest BCUT2D eigenvalue weighted by molar-refractivity contribution is 9.10. The molecule has 0 saturated heterocycles. The fraction of sp³-hybridized carbons (Fsp3) is 0.235. The first kappa shape index (κ1) is 16.1. The maximum Gasteiger partial charge on any atom is 0.253 e. The Balaban J connectivity index is 1.73. The fourth-order valence-electron chi connectivity index (χ4n) is 2.54. The molecule has 0 aliphatic carbocycles. The van der Waals surface area contributed by atoms with Crippen LogP contribution in [0, 0.1) is 13.8 Å². The molecule has 0 atom stereocenters. The predicted molar refractivity (Wildman–Crippen MR) is 94.9 cm³/mol. The Bertz CT molecular complexity index is 818. The maximum atomic E-state index is 12.5. The van der Waals surface area contributed by atoms with Crippen molar-refractivity contribution in [3.8, 4) is 0 Å². The van der Waals surface area contributed by atoms with Gasteiger partial charge >= 0.3 is 0 Å². The van der Waals surface area contributed by atoms with Crippen molar-refractivity contribution in [1.82, 2.24) is 9.88 Å². The van der Waals surface area contributed by atoms with Gasteiger partial charge in [0.1, 0.15) is 5.76 Å². The average molecular weight is 393 g/mol. The van der Waals surface area contributed by atoms with E-state index in [9.17, 15) is 4.79 Å². The van der Waals surface area contributed by atoms with Crippen molar-refractivity contribution in [2.24, 2.45) is 0 Å². The van der Waals surface area contributed by atoms with Crippen LogP contribution in [0.4, 0.5) is 0 Å². The van der Waals surface area contributed by atoms with Crippen LogP contribution in [0.1, 0.15) is 32.4 Å². The zero-order valence-corrected chi connectivity index (χ0v) is 15.3. The van der Waals surface area contributed by atoms with E-state index in [-0.39, 0.29) is 5.91 Å². The molecule has 0 aliphatic heterocycles. The van der Waals surface area contributed by atoms with E-state index in [2.05, 4.69) is 25.8 Å². The summed E-state index contributed by atoms with van der Waals surface area (Å²) < 4.78 is 8.54. The Kier molecular flexibility index (Phi) is 4.73. The van der Waals surface area contributed by atoms with Crippen molar-refractivity contribution in [1.29, 1.82) is 0 Å². The standard InChI is InChI=1S/C17H17BrN2O2S/c1-11-6-16(12(2)20(11)9-14-4-3-5-22-14)17(21)19-8-15-7-13(18)10-23-15/h3-7,10H,8-9H2,1-2H3,(H,19,21). The Morgan fingerprint density at radius 1 is 1.39 bits per heavy atom. The lowest BCUT2D eigenvalue weighted by Crippen LogP contribution is -2.23. The van der Waals surface area contributed by atoms with E-state index in [0.717, 1.165) is 26.5 Å². The minimum absolute atomic E-state index is 0.0479. The molecular formula is C17H17BrN2O2S. The van der Waals surface area contributed by atoms with Crippen LogP contribution in [0.3, 0.4) is 0 Å². The van der Waals surface area contributed by atoms with Crippen LogP contribution < -0.4 is 5.32 Å². The van der Waals surface area contributed by atoms with Crippen LogP contribution in [0.25, 0.3) is 0 Å². The summed E-state index contributed by atoms with van der Waals surface area (Å²) in [5.74, 6) is 0.829. The van der Waals surface area contributed by atoms with Gasteiger partial charge in [0.25, 0.3) is 5.91 Å². The second kappa shape index (κ2) is 6.76. The van der Waals surface area contributed by atoms with Crippen LogP contribution >= 0.6 is 27.3 Å². The molecule has 0 unspecified atom stereocenters. The summed E-state index contributed by atoms with van der Waals surface area (Å²) in [6, 6.07) is 7.76. The van der Waals surface area contributed by atoms with E-state index >= 15 is 0 Å². The Labute approximate surface area is 147 Å². The van der Waals surface area contributed by atoms with Gasteiger partial charge in [-0.3, -0.25) is 4.79 Å². The fourth-order valence-corrected chi connectivity index (χ4v) is 3.93. The number of furan rings is 1. The number of rotatable bonds is 5. The number of aromatic nitrogens is 1. The molecule has 0 aromatic carbocycles. The minimum atomic E-state index is -0.0479. The van der Waals surface area contributed by atoms with Gasteiger partial charge in [0.2, 0.25) is 0 Å². The quantitative estimate of drug-likeness (QED) is 0.694. The first-order valence-corrected chi connectivity index (χ1v) is 8.92. The average Bonchev–Trinajstić information content (AvgIpc) is 3.23. The molecule has 4 nitrogen and oxygen atoms in total. The summed E-state index contributed by atoms with van der Waals surface area (Å²) in [5, 5.41) is 4.99.